The van der Waals surface area contributed by atoms with E-state index in [0.717, 1.165) is 10.7 Å². The molecule has 0 unspecified atom stereocenters. The Morgan fingerprint density at radius 2 is 2.12 bits per heavy atom. The van der Waals surface area contributed by atoms with Gasteiger partial charge in [0.15, 0.2) is 10.8 Å². The molecule has 1 fully saturated rings. The molecule has 126 valence electrons. The topological polar surface area (TPSA) is 91.3 Å². The fourth-order valence-corrected chi connectivity index (χ4v) is 3.14. The molecule has 1 N–H and O–H groups in total. The second-order valence-corrected chi connectivity index (χ2v) is 6.30. The van der Waals surface area contributed by atoms with Crippen LogP contribution in [0.15, 0.2) is 23.8 Å². The number of rotatable bonds is 6. The van der Waals surface area contributed by atoms with Gasteiger partial charge in [0.2, 0.25) is 5.91 Å². The minimum atomic E-state index is -0.152. The maximum atomic E-state index is 11.9. The first-order chi connectivity index (χ1) is 11.6. The van der Waals surface area contributed by atoms with Crippen LogP contribution in [0.2, 0.25) is 0 Å². The minimum Gasteiger partial charge on any atom is -0.354 e. The monoisotopic (exact) mass is 346 g/mol. The molecule has 2 aromatic rings. The molecule has 0 spiro atoms. The van der Waals surface area contributed by atoms with Gasteiger partial charge in [0.05, 0.1) is 5.69 Å². The molecule has 0 saturated carbocycles. The summed E-state index contributed by atoms with van der Waals surface area (Å²) in [4.78, 5) is 39.6. The van der Waals surface area contributed by atoms with Crippen LogP contribution in [0.25, 0.3) is 10.8 Å². The summed E-state index contributed by atoms with van der Waals surface area (Å²) in [6.45, 7) is 1.84. The molecule has 0 bridgehead atoms. The van der Waals surface area contributed by atoms with Crippen molar-refractivity contribution in [2.24, 2.45) is 0 Å². The highest BCUT2D eigenvalue weighted by atomic mass is 32.1. The first kappa shape index (κ1) is 16.3. The molecule has 1 aliphatic rings. The molecular formula is C15H18N6O2S. The number of likely N-dealkylation sites (N-methyl/N-ethyl adjacent to an activating group) is 1. The number of thiazole rings is 1. The number of hydrogen-bond acceptors (Lipinski definition) is 6. The van der Waals surface area contributed by atoms with Gasteiger partial charge in [-0.3, -0.25) is 4.79 Å². The van der Waals surface area contributed by atoms with Crippen LogP contribution >= 0.6 is 11.3 Å². The molecule has 3 amide bonds. The molecule has 9 heteroatoms. The summed E-state index contributed by atoms with van der Waals surface area (Å²) in [5.74, 6) is 0.454. The van der Waals surface area contributed by atoms with Gasteiger partial charge in [-0.2, -0.15) is 0 Å². The zero-order valence-electron chi connectivity index (χ0n) is 13.3. The molecule has 2 aromatic heterocycles. The smallest absolute Gasteiger partial charge is 0.320 e. The maximum absolute atomic E-state index is 11.9. The van der Waals surface area contributed by atoms with Crippen LogP contribution in [0.5, 0.6) is 0 Å². The fourth-order valence-electron chi connectivity index (χ4n) is 2.34. The highest BCUT2D eigenvalue weighted by Gasteiger charge is 2.26. The summed E-state index contributed by atoms with van der Waals surface area (Å²) < 4.78 is 0. The molecule has 1 saturated heterocycles. The number of carbonyl (C=O) groups excluding carboxylic acids is 2. The molecule has 8 nitrogen and oxygen atoms in total. The summed E-state index contributed by atoms with van der Waals surface area (Å²) >= 11 is 1.48. The van der Waals surface area contributed by atoms with Crippen molar-refractivity contribution < 1.29 is 9.59 Å². The Kier molecular flexibility index (Phi) is 4.99. The zero-order valence-corrected chi connectivity index (χ0v) is 14.1. The van der Waals surface area contributed by atoms with E-state index < -0.39 is 0 Å². The van der Waals surface area contributed by atoms with Crippen LogP contribution in [0.3, 0.4) is 0 Å². The molecule has 0 aromatic carbocycles. The van der Waals surface area contributed by atoms with Gasteiger partial charge in [-0.25, -0.2) is 19.7 Å². The summed E-state index contributed by atoms with van der Waals surface area (Å²) in [6, 6.07) is 1.66. The average Bonchev–Trinajstić information content (AvgIpc) is 3.18. The minimum absolute atomic E-state index is 0.0999. The summed E-state index contributed by atoms with van der Waals surface area (Å²) in [6.07, 6.45) is 3.99. The molecule has 0 atom stereocenters. The lowest BCUT2D eigenvalue weighted by Gasteiger charge is -2.15. The average molecular weight is 346 g/mol. The Morgan fingerprint density at radius 3 is 2.83 bits per heavy atom. The van der Waals surface area contributed by atoms with E-state index in [1.165, 1.54) is 11.3 Å². The van der Waals surface area contributed by atoms with Crippen molar-refractivity contribution in [2.45, 2.75) is 6.42 Å². The normalized spacial score (nSPS) is 14.3. The number of nitrogens with one attached hydrogen (secondary N) is 1. The number of nitrogens with zero attached hydrogens (tertiary/aromatic N) is 5. The number of amides is 3. The number of hydrogen-bond donors (Lipinski definition) is 1. The number of urea groups is 1. The highest BCUT2D eigenvalue weighted by molar-refractivity contribution is 7.13. The van der Waals surface area contributed by atoms with E-state index in [9.17, 15) is 9.59 Å². The van der Waals surface area contributed by atoms with Crippen molar-refractivity contribution in [1.82, 2.24) is 30.1 Å². The van der Waals surface area contributed by atoms with Gasteiger partial charge in [0, 0.05) is 50.9 Å². The lowest BCUT2D eigenvalue weighted by atomic mass is 10.3. The Morgan fingerprint density at radius 1 is 1.33 bits per heavy atom. The third-order valence-electron chi connectivity index (χ3n) is 3.65. The van der Waals surface area contributed by atoms with Crippen molar-refractivity contribution in [1.29, 1.82) is 0 Å². The van der Waals surface area contributed by atoms with Gasteiger partial charge < -0.3 is 15.1 Å². The van der Waals surface area contributed by atoms with E-state index in [4.69, 9.17) is 0 Å². The predicted molar refractivity (Wildman–Crippen MR) is 89.5 cm³/mol. The van der Waals surface area contributed by atoms with Crippen LogP contribution in [0, 0.1) is 0 Å². The van der Waals surface area contributed by atoms with E-state index >= 15 is 0 Å². The van der Waals surface area contributed by atoms with Crippen LogP contribution in [0.1, 0.15) is 5.69 Å². The van der Waals surface area contributed by atoms with Crippen molar-refractivity contribution in [2.75, 3.05) is 33.2 Å². The van der Waals surface area contributed by atoms with Crippen LogP contribution in [-0.2, 0) is 11.2 Å². The van der Waals surface area contributed by atoms with Crippen molar-refractivity contribution in [3.63, 3.8) is 0 Å². The summed E-state index contributed by atoms with van der Waals surface area (Å²) in [7, 11) is 1.73. The van der Waals surface area contributed by atoms with Crippen molar-refractivity contribution in [3.8, 4) is 10.8 Å². The maximum Gasteiger partial charge on any atom is 0.320 e. The van der Waals surface area contributed by atoms with E-state index in [1.54, 1.807) is 35.3 Å². The Bertz CT molecular complexity index is 720. The first-order valence-electron chi connectivity index (χ1n) is 7.62. The molecule has 0 radical (unpaired) electrons. The molecule has 1 aliphatic heterocycles. The quantitative estimate of drug-likeness (QED) is 0.828. The molecule has 0 aliphatic carbocycles. The molecule has 24 heavy (non-hydrogen) atoms. The van der Waals surface area contributed by atoms with E-state index in [1.807, 2.05) is 5.38 Å². The summed E-state index contributed by atoms with van der Waals surface area (Å²) in [5, 5.41) is 5.53. The van der Waals surface area contributed by atoms with Gasteiger partial charge >= 0.3 is 6.03 Å². The standard InChI is InChI=1S/C15H18N6O2S/c1-20-7-8-21(15(20)23)9-12(22)16-6-3-11-10-24-14(19-11)13-17-4-2-5-18-13/h2,4-5,10H,3,6-9H2,1H3,(H,16,22). The van der Waals surface area contributed by atoms with Crippen LogP contribution < -0.4 is 5.32 Å². The van der Waals surface area contributed by atoms with Gasteiger partial charge in [0.25, 0.3) is 0 Å². The van der Waals surface area contributed by atoms with Crippen LogP contribution in [0.4, 0.5) is 4.79 Å². The lowest BCUT2D eigenvalue weighted by molar-refractivity contribution is -0.121. The lowest BCUT2D eigenvalue weighted by Crippen LogP contribution is -2.39. The predicted octanol–water partition coefficient (Wildman–Crippen LogP) is 0.626. The van der Waals surface area contributed by atoms with Crippen molar-refractivity contribution >= 4 is 23.3 Å². The Hall–Kier alpha value is -2.55. The third-order valence-corrected chi connectivity index (χ3v) is 4.54. The van der Waals surface area contributed by atoms with E-state index in [-0.39, 0.29) is 18.5 Å². The second kappa shape index (κ2) is 7.35. The number of carbonyl (C=O) groups is 2. The van der Waals surface area contributed by atoms with E-state index in [0.29, 0.717) is 31.9 Å². The van der Waals surface area contributed by atoms with E-state index in [2.05, 4.69) is 20.3 Å². The molecule has 3 rings (SSSR count). The van der Waals surface area contributed by atoms with Gasteiger partial charge in [-0.05, 0) is 6.07 Å². The van der Waals surface area contributed by atoms with Gasteiger partial charge in [-0.15, -0.1) is 11.3 Å². The highest BCUT2D eigenvalue weighted by Crippen LogP contribution is 2.19. The Balaban J connectivity index is 1.44. The molecule has 3 heterocycles. The largest absolute Gasteiger partial charge is 0.354 e. The first-order valence-corrected chi connectivity index (χ1v) is 8.50. The zero-order chi connectivity index (χ0) is 16.9. The number of aromatic nitrogens is 3. The summed E-state index contributed by atoms with van der Waals surface area (Å²) in [5.41, 5.74) is 0.889. The Labute approximate surface area is 143 Å². The van der Waals surface area contributed by atoms with Gasteiger partial charge in [0.1, 0.15) is 6.54 Å². The second-order valence-electron chi connectivity index (χ2n) is 5.44. The fraction of sp³-hybridized carbons (Fsp3) is 0.400. The van der Waals surface area contributed by atoms with Crippen molar-refractivity contribution in [3.05, 3.63) is 29.5 Å². The SMILES string of the molecule is CN1CCN(CC(=O)NCCc2csc(-c3ncccn3)n2)C1=O. The third kappa shape index (κ3) is 3.85. The van der Waals surface area contributed by atoms with Gasteiger partial charge in [-0.1, -0.05) is 0 Å². The molecular weight excluding hydrogens is 328 g/mol. The van der Waals surface area contributed by atoms with Crippen LogP contribution in [-0.4, -0.2) is 69.9 Å².